The Morgan fingerprint density at radius 1 is 0.253 bits per heavy atom. The summed E-state index contributed by atoms with van der Waals surface area (Å²) in [6, 6.07) is 97.3. The molecule has 0 unspecified atom stereocenters. The average Bonchev–Trinajstić information content (AvgIpc) is 3.50. The van der Waals surface area contributed by atoms with E-state index in [2.05, 4.69) is 282 Å². The van der Waals surface area contributed by atoms with Gasteiger partial charge in [0, 0.05) is 39.7 Å². The van der Waals surface area contributed by atoms with Crippen molar-refractivity contribution in [3.05, 3.63) is 280 Å². The molecule has 2 aliphatic rings. The van der Waals surface area contributed by atoms with E-state index < -0.39 is 0 Å². The van der Waals surface area contributed by atoms with Gasteiger partial charge < -0.3 is 9.80 Å². The zero-order valence-electron chi connectivity index (χ0n) is 40.9. The average molecular weight is 956 g/mol. The monoisotopic (exact) mass is 955 g/mol. The van der Waals surface area contributed by atoms with Crippen LogP contribution in [0.25, 0.3) is 78.1 Å². The Kier molecular flexibility index (Phi) is 10.9. The van der Waals surface area contributed by atoms with Gasteiger partial charge in [-0.05, 0) is 144 Å². The molecule has 0 fully saturated rings. The van der Waals surface area contributed by atoms with Crippen molar-refractivity contribution in [1.29, 1.82) is 0 Å². The summed E-state index contributed by atoms with van der Waals surface area (Å²) in [6.07, 6.45) is 3.19. The van der Waals surface area contributed by atoms with Crippen LogP contribution < -0.4 is 26.2 Å². The summed E-state index contributed by atoms with van der Waals surface area (Å²) in [5.41, 5.74) is 24.6. The van der Waals surface area contributed by atoms with Crippen molar-refractivity contribution in [2.24, 2.45) is 0 Å². The lowest BCUT2D eigenvalue weighted by atomic mass is 9.33. The zero-order valence-corrected chi connectivity index (χ0v) is 40.9. The van der Waals surface area contributed by atoms with Crippen LogP contribution in [0.5, 0.6) is 0 Å². The molecule has 0 amide bonds. The molecule has 0 bridgehead atoms. The second-order valence-corrected chi connectivity index (χ2v) is 19.3. The van der Waals surface area contributed by atoms with Gasteiger partial charge in [-0.1, -0.05) is 206 Å². The van der Waals surface area contributed by atoms with Gasteiger partial charge in [0.15, 0.2) is 5.82 Å². The third-order valence-corrected chi connectivity index (χ3v) is 14.8. The molecule has 3 heterocycles. The Balaban J connectivity index is 1.11. The molecule has 1 aromatic heterocycles. The van der Waals surface area contributed by atoms with Crippen molar-refractivity contribution >= 4 is 57.2 Å². The number of hydrogen-bond donors (Lipinski definition) is 0. The van der Waals surface area contributed by atoms with Gasteiger partial charge in [0.05, 0.1) is 0 Å². The molecule has 0 saturated carbocycles. The molecule has 0 aliphatic carbocycles. The van der Waals surface area contributed by atoms with Gasteiger partial charge in [0.2, 0.25) is 0 Å². The molecule has 0 saturated heterocycles. The lowest BCUT2D eigenvalue weighted by molar-refractivity contribution is 1.05. The van der Waals surface area contributed by atoms with Crippen molar-refractivity contribution < 1.29 is 0 Å². The number of anilines is 6. The van der Waals surface area contributed by atoms with Crippen molar-refractivity contribution in [3.63, 3.8) is 0 Å². The van der Waals surface area contributed by atoms with Crippen LogP contribution in [0.3, 0.4) is 0 Å². The van der Waals surface area contributed by atoms with Crippen LogP contribution in [0.2, 0.25) is 0 Å². The highest BCUT2D eigenvalue weighted by Gasteiger charge is 2.44. The van der Waals surface area contributed by atoms with E-state index in [1.54, 1.807) is 12.7 Å². The first kappa shape index (κ1) is 43.8. The van der Waals surface area contributed by atoms with E-state index >= 15 is 0 Å². The highest BCUT2D eigenvalue weighted by Crippen LogP contribution is 2.49. The van der Waals surface area contributed by atoms with E-state index in [1.165, 1.54) is 16.4 Å². The second kappa shape index (κ2) is 18.6. The Hall–Kier alpha value is -9.91. The maximum Gasteiger partial charge on any atom is 0.252 e. The smallest absolute Gasteiger partial charge is 0.252 e. The van der Waals surface area contributed by atoms with Crippen molar-refractivity contribution in [3.8, 4) is 78.1 Å². The van der Waals surface area contributed by atoms with Gasteiger partial charge in [-0.2, -0.15) is 0 Å². The number of fused-ring (bicyclic) bond motifs is 4. The summed E-state index contributed by atoms with van der Waals surface area (Å²) < 4.78 is 0. The standard InChI is InChI=1S/C69H46BN5/c1-7-19-47(20-8-1)53-31-33-62-64(41-53)74(60-37-55(49-23-11-3-12-24-49)35-56(38-60)50-25-13-4-14-26-50)66-43-59(69-72-45-71-46-73-69)44-67-68(66)70(62)63-34-32-54(48-21-9-2-10-22-48)42-65(63)75(67)61-39-57(51-27-15-5-16-28-51)36-58(40-61)52-29-17-6-18-30-52/h1-46H. The fourth-order valence-corrected chi connectivity index (χ4v) is 11.4. The third kappa shape index (κ3) is 7.97. The SMILES string of the molecule is c1ccc(-c2cc(-c3ccccc3)cc(N3c4cc(-c5ccccc5)ccc4B4c5ccc(-c6ccccc6)cc5N(c5cc(-c6ccccc6)cc(-c6ccccc6)c5)c5cc(-c6ncncn6)cc3c54)c2)cc1. The summed E-state index contributed by atoms with van der Waals surface area (Å²) in [7, 11) is 0. The van der Waals surface area contributed by atoms with Crippen molar-refractivity contribution in [2.45, 2.75) is 0 Å². The lowest BCUT2D eigenvalue weighted by Crippen LogP contribution is -2.61. The maximum absolute atomic E-state index is 4.86. The molecule has 14 rings (SSSR count). The Morgan fingerprint density at radius 3 is 0.893 bits per heavy atom. The topological polar surface area (TPSA) is 45.2 Å². The summed E-state index contributed by atoms with van der Waals surface area (Å²) in [5.74, 6) is 0.596. The van der Waals surface area contributed by atoms with Crippen LogP contribution in [0.15, 0.2) is 280 Å². The number of nitrogens with zero attached hydrogens (tertiary/aromatic N) is 5. The van der Waals surface area contributed by atoms with E-state index in [9.17, 15) is 0 Å². The van der Waals surface area contributed by atoms with E-state index in [-0.39, 0.29) is 6.71 Å². The summed E-state index contributed by atoms with van der Waals surface area (Å²) in [6.45, 7) is -0.147. The van der Waals surface area contributed by atoms with Crippen molar-refractivity contribution in [1.82, 2.24) is 15.0 Å². The van der Waals surface area contributed by atoms with Crippen LogP contribution in [0.4, 0.5) is 34.1 Å². The number of rotatable bonds is 9. The van der Waals surface area contributed by atoms with E-state index in [4.69, 9.17) is 9.97 Å². The molecule has 2 aliphatic heterocycles. The molecule has 12 aromatic rings. The first-order valence-electron chi connectivity index (χ1n) is 25.5. The molecule has 350 valence electrons. The van der Waals surface area contributed by atoms with Gasteiger partial charge in [-0.15, -0.1) is 0 Å². The molecule has 11 aromatic carbocycles. The minimum Gasteiger partial charge on any atom is -0.311 e. The Bertz CT molecular complexity index is 3690. The fourth-order valence-electron chi connectivity index (χ4n) is 11.4. The molecular weight excluding hydrogens is 910 g/mol. The third-order valence-electron chi connectivity index (χ3n) is 14.8. The quantitative estimate of drug-likeness (QED) is 0.135. The van der Waals surface area contributed by atoms with Gasteiger partial charge in [-0.3, -0.25) is 0 Å². The molecule has 5 nitrogen and oxygen atoms in total. The van der Waals surface area contributed by atoms with Gasteiger partial charge in [0.1, 0.15) is 12.7 Å². The van der Waals surface area contributed by atoms with E-state index in [1.807, 2.05) is 0 Å². The van der Waals surface area contributed by atoms with Crippen LogP contribution in [-0.2, 0) is 0 Å². The second-order valence-electron chi connectivity index (χ2n) is 19.3. The van der Waals surface area contributed by atoms with E-state index in [0.29, 0.717) is 5.82 Å². The predicted octanol–water partition coefficient (Wildman–Crippen LogP) is 15.6. The number of benzene rings is 11. The molecule has 75 heavy (non-hydrogen) atoms. The van der Waals surface area contributed by atoms with Gasteiger partial charge in [0.25, 0.3) is 6.71 Å². The van der Waals surface area contributed by atoms with Crippen LogP contribution in [0.1, 0.15) is 0 Å². The Morgan fingerprint density at radius 2 is 0.560 bits per heavy atom. The van der Waals surface area contributed by atoms with Crippen LogP contribution in [0, 0.1) is 0 Å². The summed E-state index contributed by atoms with van der Waals surface area (Å²) >= 11 is 0. The minimum atomic E-state index is -0.147. The fraction of sp³-hybridized carbons (Fsp3) is 0. The highest BCUT2D eigenvalue weighted by atomic mass is 15.2. The molecule has 0 N–H and O–H groups in total. The molecule has 6 heteroatoms. The number of aromatic nitrogens is 3. The predicted molar refractivity (Wildman–Crippen MR) is 312 cm³/mol. The first-order valence-corrected chi connectivity index (χ1v) is 25.5. The zero-order chi connectivity index (χ0) is 49.7. The molecule has 0 spiro atoms. The van der Waals surface area contributed by atoms with Crippen LogP contribution in [-0.4, -0.2) is 21.7 Å². The lowest BCUT2D eigenvalue weighted by Gasteiger charge is -2.45. The van der Waals surface area contributed by atoms with Crippen molar-refractivity contribution in [2.75, 3.05) is 9.80 Å². The normalized spacial score (nSPS) is 12.2. The highest BCUT2D eigenvalue weighted by molar-refractivity contribution is 7.00. The molecule has 0 radical (unpaired) electrons. The Labute approximate surface area is 437 Å². The number of hydrogen-bond acceptors (Lipinski definition) is 5. The maximum atomic E-state index is 4.86. The molecule has 0 atom stereocenters. The van der Waals surface area contributed by atoms with Gasteiger partial charge in [-0.25, -0.2) is 15.0 Å². The molecular formula is C69H46BN5. The van der Waals surface area contributed by atoms with Gasteiger partial charge >= 0.3 is 0 Å². The van der Waals surface area contributed by atoms with E-state index in [0.717, 1.165) is 106 Å². The summed E-state index contributed by atoms with van der Waals surface area (Å²) in [5, 5.41) is 0. The summed E-state index contributed by atoms with van der Waals surface area (Å²) in [4.78, 5) is 19.0. The largest absolute Gasteiger partial charge is 0.311 e. The van der Waals surface area contributed by atoms with Crippen LogP contribution >= 0.6 is 0 Å². The first-order chi connectivity index (χ1) is 37.2. The minimum absolute atomic E-state index is 0.147.